The minimum atomic E-state index is 0.0738. The standard InChI is InChI=1S/C21H29N3O3/c1-15-13-27-14-16(2)24(15)21(26)18-5-7-19(8-6-18)22-9-11-23(12-10-22)20(25)17-3-4-17/h5-8,15-17H,3-4,9-14H2,1-2H3. The second-order valence-electron chi connectivity index (χ2n) is 8.08. The lowest BCUT2D eigenvalue weighted by atomic mass is 10.1. The van der Waals surface area contributed by atoms with E-state index < -0.39 is 0 Å². The maximum Gasteiger partial charge on any atom is 0.254 e. The fraction of sp³-hybridized carbons (Fsp3) is 0.619. The van der Waals surface area contributed by atoms with Gasteiger partial charge >= 0.3 is 0 Å². The lowest BCUT2D eigenvalue weighted by Gasteiger charge is -2.39. The molecule has 4 rings (SSSR count). The molecule has 3 aliphatic rings. The van der Waals surface area contributed by atoms with Crippen LogP contribution in [0.15, 0.2) is 24.3 Å². The van der Waals surface area contributed by atoms with Crippen molar-refractivity contribution >= 4 is 17.5 Å². The summed E-state index contributed by atoms with van der Waals surface area (Å²) < 4.78 is 5.52. The van der Waals surface area contributed by atoms with Gasteiger partial charge in [-0.2, -0.15) is 0 Å². The Bertz CT molecular complexity index is 683. The molecule has 6 heteroatoms. The summed E-state index contributed by atoms with van der Waals surface area (Å²) in [5.41, 5.74) is 1.84. The predicted octanol–water partition coefficient (Wildman–Crippen LogP) is 1.99. The molecule has 27 heavy (non-hydrogen) atoms. The Hall–Kier alpha value is -2.08. The van der Waals surface area contributed by atoms with Gasteiger partial charge in [-0.3, -0.25) is 9.59 Å². The van der Waals surface area contributed by atoms with Crippen molar-refractivity contribution in [1.29, 1.82) is 0 Å². The number of hydrogen-bond donors (Lipinski definition) is 0. The summed E-state index contributed by atoms with van der Waals surface area (Å²) >= 11 is 0. The van der Waals surface area contributed by atoms with E-state index in [0.717, 1.165) is 50.3 Å². The van der Waals surface area contributed by atoms with Crippen LogP contribution < -0.4 is 4.90 Å². The van der Waals surface area contributed by atoms with Crippen molar-refractivity contribution in [3.63, 3.8) is 0 Å². The highest BCUT2D eigenvalue weighted by Gasteiger charge is 2.34. The third-order valence-corrected chi connectivity index (χ3v) is 5.90. The number of nitrogens with zero attached hydrogens (tertiary/aromatic N) is 3. The minimum absolute atomic E-state index is 0.0738. The zero-order valence-corrected chi connectivity index (χ0v) is 16.3. The SMILES string of the molecule is CC1COCC(C)N1C(=O)c1ccc(N2CCN(C(=O)C3CC3)CC2)cc1. The fourth-order valence-electron chi connectivity index (χ4n) is 4.14. The fourth-order valence-corrected chi connectivity index (χ4v) is 4.14. The molecule has 2 unspecified atom stereocenters. The summed E-state index contributed by atoms with van der Waals surface area (Å²) in [5.74, 6) is 0.709. The molecule has 2 saturated heterocycles. The number of carbonyl (C=O) groups is 2. The first-order valence-corrected chi connectivity index (χ1v) is 10.1. The molecule has 1 aromatic rings. The monoisotopic (exact) mass is 371 g/mol. The van der Waals surface area contributed by atoms with E-state index in [1.54, 1.807) is 0 Å². The molecule has 1 aromatic carbocycles. The highest BCUT2D eigenvalue weighted by atomic mass is 16.5. The largest absolute Gasteiger partial charge is 0.377 e. The van der Waals surface area contributed by atoms with Crippen LogP contribution in [-0.4, -0.2) is 73.1 Å². The van der Waals surface area contributed by atoms with Crippen molar-refractivity contribution in [2.24, 2.45) is 5.92 Å². The number of anilines is 1. The summed E-state index contributed by atoms with van der Waals surface area (Å²) in [6, 6.07) is 8.10. The minimum Gasteiger partial charge on any atom is -0.377 e. The van der Waals surface area contributed by atoms with Gasteiger partial charge in [-0.1, -0.05) is 0 Å². The Morgan fingerprint density at radius 2 is 1.52 bits per heavy atom. The van der Waals surface area contributed by atoms with E-state index in [0.29, 0.717) is 25.0 Å². The highest BCUT2D eigenvalue weighted by Crippen LogP contribution is 2.31. The van der Waals surface area contributed by atoms with Gasteiger partial charge in [-0.25, -0.2) is 0 Å². The highest BCUT2D eigenvalue weighted by molar-refractivity contribution is 5.95. The Morgan fingerprint density at radius 3 is 2.07 bits per heavy atom. The number of ether oxygens (including phenoxy) is 1. The van der Waals surface area contributed by atoms with Crippen LogP contribution in [0.3, 0.4) is 0 Å². The van der Waals surface area contributed by atoms with Crippen molar-refractivity contribution in [2.45, 2.75) is 38.8 Å². The molecule has 0 N–H and O–H groups in total. The number of piperazine rings is 1. The van der Waals surface area contributed by atoms with Crippen molar-refractivity contribution in [2.75, 3.05) is 44.3 Å². The number of benzene rings is 1. The maximum atomic E-state index is 12.9. The topological polar surface area (TPSA) is 53.1 Å². The van der Waals surface area contributed by atoms with Crippen molar-refractivity contribution in [1.82, 2.24) is 9.80 Å². The molecule has 2 amide bonds. The normalized spacial score (nSPS) is 26.2. The smallest absolute Gasteiger partial charge is 0.254 e. The Balaban J connectivity index is 1.37. The molecule has 1 aliphatic carbocycles. The molecule has 2 heterocycles. The van der Waals surface area contributed by atoms with Crippen LogP contribution in [0, 0.1) is 5.92 Å². The zero-order valence-electron chi connectivity index (χ0n) is 16.3. The average Bonchev–Trinajstić information content (AvgIpc) is 3.53. The Kier molecular flexibility index (Phi) is 5.08. The summed E-state index contributed by atoms with van der Waals surface area (Å²) in [6.07, 6.45) is 2.13. The van der Waals surface area contributed by atoms with E-state index in [4.69, 9.17) is 4.74 Å². The van der Waals surface area contributed by atoms with Gasteiger partial charge in [0.1, 0.15) is 0 Å². The third-order valence-electron chi connectivity index (χ3n) is 5.90. The second kappa shape index (κ2) is 7.50. The van der Waals surface area contributed by atoms with Crippen LogP contribution in [0.1, 0.15) is 37.0 Å². The number of rotatable bonds is 3. The van der Waals surface area contributed by atoms with Gasteiger partial charge in [0.25, 0.3) is 5.91 Å². The van der Waals surface area contributed by atoms with Crippen LogP contribution in [-0.2, 0) is 9.53 Å². The Labute approximate surface area is 161 Å². The second-order valence-corrected chi connectivity index (χ2v) is 8.08. The van der Waals surface area contributed by atoms with Gasteiger partial charge in [0, 0.05) is 43.3 Å². The van der Waals surface area contributed by atoms with Crippen LogP contribution in [0.25, 0.3) is 0 Å². The molecule has 6 nitrogen and oxygen atoms in total. The molecule has 0 radical (unpaired) electrons. The van der Waals surface area contributed by atoms with Crippen molar-refractivity contribution in [3.05, 3.63) is 29.8 Å². The Morgan fingerprint density at radius 1 is 0.926 bits per heavy atom. The summed E-state index contributed by atoms with van der Waals surface area (Å²) in [6.45, 7) is 8.54. The first-order valence-electron chi connectivity index (χ1n) is 10.1. The molecule has 2 aliphatic heterocycles. The molecule has 0 spiro atoms. The molecular weight excluding hydrogens is 342 g/mol. The van der Waals surface area contributed by atoms with E-state index in [1.807, 2.05) is 47.9 Å². The van der Waals surface area contributed by atoms with Crippen LogP contribution in [0.2, 0.25) is 0 Å². The molecule has 3 fully saturated rings. The zero-order chi connectivity index (χ0) is 19.0. The lowest BCUT2D eigenvalue weighted by Crippen LogP contribution is -2.52. The van der Waals surface area contributed by atoms with Crippen LogP contribution in [0.4, 0.5) is 5.69 Å². The van der Waals surface area contributed by atoms with Gasteiger partial charge in [-0.05, 0) is 51.0 Å². The average molecular weight is 371 g/mol. The van der Waals surface area contributed by atoms with Gasteiger partial charge < -0.3 is 19.4 Å². The van der Waals surface area contributed by atoms with Gasteiger partial charge in [-0.15, -0.1) is 0 Å². The van der Waals surface area contributed by atoms with Crippen molar-refractivity contribution in [3.8, 4) is 0 Å². The molecule has 146 valence electrons. The molecule has 2 atom stereocenters. The van der Waals surface area contributed by atoms with Gasteiger partial charge in [0.15, 0.2) is 0 Å². The predicted molar refractivity (Wildman–Crippen MR) is 104 cm³/mol. The van der Waals surface area contributed by atoms with E-state index in [9.17, 15) is 9.59 Å². The number of morpholine rings is 1. The summed E-state index contributed by atoms with van der Waals surface area (Å²) in [5, 5.41) is 0. The third kappa shape index (κ3) is 3.81. The maximum absolute atomic E-state index is 12.9. The van der Waals surface area contributed by atoms with E-state index in [2.05, 4.69) is 4.90 Å². The molecule has 1 saturated carbocycles. The first-order chi connectivity index (χ1) is 13.0. The number of amides is 2. The van der Waals surface area contributed by atoms with Crippen LogP contribution >= 0.6 is 0 Å². The quantitative estimate of drug-likeness (QED) is 0.816. The van der Waals surface area contributed by atoms with Crippen molar-refractivity contribution < 1.29 is 14.3 Å². The number of hydrogen-bond acceptors (Lipinski definition) is 4. The molecule has 0 bridgehead atoms. The van der Waals surface area contributed by atoms with E-state index in [1.165, 1.54) is 0 Å². The molecular formula is C21H29N3O3. The lowest BCUT2D eigenvalue weighted by molar-refractivity contribution is -0.132. The van der Waals surface area contributed by atoms with E-state index in [-0.39, 0.29) is 18.0 Å². The van der Waals surface area contributed by atoms with Gasteiger partial charge in [0.2, 0.25) is 5.91 Å². The first kappa shape index (κ1) is 18.3. The number of carbonyl (C=O) groups excluding carboxylic acids is 2. The van der Waals surface area contributed by atoms with Crippen LogP contribution in [0.5, 0.6) is 0 Å². The van der Waals surface area contributed by atoms with E-state index >= 15 is 0 Å². The summed E-state index contributed by atoms with van der Waals surface area (Å²) in [4.78, 5) is 31.3. The molecule has 0 aromatic heterocycles. The van der Waals surface area contributed by atoms with Gasteiger partial charge in [0.05, 0.1) is 25.3 Å². The summed E-state index contributed by atoms with van der Waals surface area (Å²) in [7, 11) is 0.